The monoisotopic (exact) mass is 222 g/mol. The van der Waals surface area contributed by atoms with Gasteiger partial charge in [-0.15, -0.1) is 23.1 Å². The van der Waals surface area contributed by atoms with Crippen LogP contribution in [0, 0.1) is 0 Å². The highest BCUT2D eigenvalue weighted by molar-refractivity contribution is 7.98. The standard InChI is InChI=1S/C10H10N2S2/c1-13-7-5-8(12-10(11)6-7)9-3-2-4-14-9/h2-6H,1H3,(H2,11,12). The Morgan fingerprint density at radius 2 is 2.29 bits per heavy atom. The van der Waals surface area contributed by atoms with Gasteiger partial charge in [-0.25, -0.2) is 4.98 Å². The summed E-state index contributed by atoms with van der Waals surface area (Å²) in [5.41, 5.74) is 6.68. The lowest BCUT2D eigenvalue weighted by atomic mass is 10.3. The summed E-state index contributed by atoms with van der Waals surface area (Å²) in [6.45, 7) is 0. The number of nitrogen functional groups attached to an aromatic ring is 1. The zero-order chi connectivity index (χ0) is 9.97. The number of anilines is 1. The van der Waals surface area contributed by atoms with Gasteiger partial charge in [0.05, 0.1) is 10.6 Å². The first-order chi connectivity index (χ1) is 6.79. The molecule has 0 aliphatic rings. The molecule has 2 N–H and O–H groups in total. The van der Waals surface area contributed by atoms with Crippen molar-refractivity contribution in [3.63, 3.8) is 0 Å². The molecule has 0 spiro atoms. The number of rotatable bonds is 2. The lowest BCUT2D eigenvalue weighted by molar-refractivity contribution is 1.28. The molecular formula is C10H10N2S2. The summed E-state index contributed by atoms with van der Waals surface area (Å²) in [4.78, 5) is 6.61. The molecule has 0 fully saturated rings. The SMILES string of the molecule is CSc1cc(N)nc(-c2cccs2)c1. The first-order valence-electron chi connectivity index (χ1n) is 4.15. The molecule has 2 heterocycles. The van der Waals surface area contributed by atoms with Crippen molar-refractivity contribution < 1.29 is 0 Å². The van der Waals surface area contributed by atoms with Crippen molar-refractivity contribution in [2.45, 2.75) is 4.90 Å². The average Bonchev–Trinajstić information content (AvgIpc) is 2.69. The van der Waals surface area contributed by atoms with Crippen molar-refractivity contribution in [1.82, 2.24) is 4.98 Å². The van der Waals surface area contributed by atoms with Crippen LogP contribution in [-0.4, -0.2) is 11.2 Å². The van der Waals surface area contributed by atoms with E-state index in [2.05, 4.69) is 17.1 Å². The van der Waals surface area contributed by atoms with Gasteiger partial charge in [-0.1, -0.05) is 6.07 Å². The van der Waals surface area contributed by atoms with Crippen molar-refractivity contribution in [3.8, 4) is 10.6 Å². The van der Waals surface area contributed by atoms with Gasteiger partial charge in [0.15, 0.2) is 0 Å². The van der Waals surface area contributed by atoms with Gasteiger partial charge in [0.1, 0.15) is 5.82 Å². The van der Waals surface area contributed by atoms with Crippen molar-refractivity contribution in [3.05, 3.63) is 29.6 Å². The van der Waals surface area contributed by atoms with E-state index in [0.717, 1.165) is 15.5 Å². The number of aromatic nitrogens is 1. The number of thiophene rings is 1. The summed E-state index contributed by atoms with van der Waals surface area (Å²) in [5.74, 6) is 0.584. The van der Waals surface area contributed by atoms with Crippen LogP contribution in [-0.2, 0) is 0 Å². The Kier molecular flexibility index (Phi) is 2.74. The molecule has 0 saturated carbocycles. The number of nitrogens with two attached hydrogens (primary N) is 1. The molecule has 0 bridgehead atoms. The molecular weight excluding hydrogens is 212 g/mol. The van der Waals surface area contributed by atoms with Crippen LogP contribution < -0.4 is 5.73 Å². The Morgan fingerprint density at radius 1 is 1.43 bits per heavy atom. The fourth-order valence-electron chi connectivity index (χ4n) is 1.19. The number of nitrogens with zero attached hydrogens (tertiary/aromatic N) is 1. The second-order valence-corrected chi connectivity index (χ2v) is 4.62. The van der Waals surface area contributed by atoms with Crippen LogP contribution in [0.4, 0.5) is 5.82 Å². The molecule has 14 heavy (non-hydrogen) atoms. The van der Waals surface area contributed by atoms with Crippen LogP contribution >= 0.6 is 23.1 Å². The van der Waals surface area contributed by atoms with Crippen molar-refractivity contribution in [1.29, 1.82) is 0 Å². The molecule has 0 aliphatic carbocycles. The van der Waals surface area contributed by atoms with Gasteiger partial charge in [-0.3, -0.25) is 0 Å². The third-order valence-corrected chi connectivity index (χ3v) is 3.43. The maximum atomic E-state index is 5.72. The second kappa shape index (κ2) is 4.02. The van der Waals surface area contributed by atoms with E-state index in [1.807, 2.05) is 23.8 Å². The van der Waals surface area contributed by atoms with Gasteiger partial charge in [0.2, 0.25) is 0 Å². The van der Waals surface area contributed by atoms with Crippen molar-refractivity contribution >= 4 is 28.9 Å². The van der Waals surface area contributed by atoms with Crippen molar-refractivity contribution in [2.24, 2.45) is 0 Å². The maximum Gasteiger partial charge on any atom is 0.125 e. The Morgan fingerprint density at radius 3 is 2.93 bits per heavy atom. The Labute approximate surface area is 91.2 Å². The van der Waals surface area contributed by atoms with Crippen LogP contribution in [0.25, 0.3) is 10.6 Å². The van der Waals surface area contributed by atoms with Gasteiger partial charge in [0, 0.05) is 4.90 Å². The molecule has 0 saturated heterocycles. The molecule has 4 heteroatoms. The molecule has 2 aromatic heterocycles. The van der Waals surface area contributed by atoms with Crippen LogP contribution in [0.15, 0.2) is 34.5 Å². The van der Waals surface area contributed by atoms with Gasteiger partial charge < -0.3 is 5.73 Å². The van der Waals surface area contributed by atoms with E-state index < -0.39 is 0 Å². The summed E-state index contributed by atoms with van der Waals surface area (Å²) < 4.78 is 0. The first kappa shape index (κ1) is 9.55. The lowest BCUT2D eigenvalue weighted by Crippen LogP contribution is -1.91. The average molecular weight is 222 g/mol. The number of hydrogen-bond donors (Lipinski definition) is 1. The summed E-state index contributed by atoms with van der Waals surface area (Å²) in [6.07, 6.45) is 2.03. The van der Waals surface area contributed by atoms with E-state index in [1.165, 1.54) is 0 Å². The maximum absolute atomic E-state index is 5.72. The zero-order valence-electron chi connectivity index (χ0n) is 7.73. The number of pyridine rings is 1. The van der Waals surface area contributed by atoms with Gasteiger partial charge >= 0.3 is 0 Å². The van der Waals surface area contributed by atoms with E-state index >= 15 is 0 Å². The molecule has 72 valence electrons. The predicted octanol–water partition coefficient (Wildman–Crippen LogP) is 3.11. The van der Waals surface area contributed by atoms with Gasteiger partial charge in [-0.05, 0) is 29.8 Å². The summed E-state index contributed by atoms with van der Waals surface area (Å²) in [5, 5.41) is 2.04. The van der Waals surface area contributed by atoms with Crippen LogP contribution in [0.1, 0.15) is 0 Å². The molecule has 2 aromatic rings. The van der Waals surface area contributed by atoms with Crippen LogP contribution in [0.2, 0.25) is 0 Å². The van der Waals surface area contributed by atoms with E-state index in [0.29, 0.717) is 5.82 Å². The Bertz CT molecular complexity index is 424. The molecule has 0 aliphatic heterocycles. The smallest absolute Gasteiger partial charge is 0.125 e. The Balaban J connectivity index is 2.48. The van der Waals surface area contributed by atoms with Gasteiger partial charge in [-0.2, -0.15) is 0 Å². The normalized spacial score (nSPS) is 10.4. The lowest BCUT2D eigenvalue weighted by Gasteiger charge is -2.02. The van der Waals surface area contributed by atoms with Gasteiger partial charge in [0.25, 0.3) is 0 Å². The number of hydrogen-bond acceptors (Lipinski definition) is 4. The Hall–Kier alpha value is -1.00. The molecule has 2 rings (SSSR count). The minimum Gasteiger partial charge on any atom is -0.384 e. The predicted molar refractivity (Wildman–Crippen MR) is 63.7 cm³/mol. The van der Waals surface area contributed by atoms with E-state index in [4.69, 9.17) is 5.73 Å². The van der Waals surface area contributed by atoms with E-state index in [1.54, 1.807) is 23.1 Å². The minimum atomic E-state index is 0.584. The second-order valence-electron chi connectivity index (χ2n) is 2.79. The topological polar surface area (TPSA) is 38.9 Å². The molecule has 0 radical (unpaired) electrons. The zero-order valence-corrected chi connectivity index (χ0v) is 9.36. The first-order valence-corrected chi connectivity index (χ1v) is 6.25. The van der Waals surface area contributed by atoms with Crippen LogP contribution in [0.3, 0.4) is 0 Å². The highest BCUT2D eigenvalue weighted by Crippen LogP contribution is 2.27. The third kappa shape index (κ3) is 1.91. The number of thioether (sulfide) groups is 1. The summed E-state index contributed by atoms with van der Waals surface area (Å²) in [7, 11) is 0. The third-order valence-electron chi connectivity index (χ3n) is 1.83. The quantitative estimate of drug-likeness (QED) is 0.793. The molecule has 2 nitrogen and oxygen atoms in total. The summed E-state index contributed by atoms with van der Waals surface area (Å²) >= 11 is 3.36. The van der Waals surface area contributed by atoms with Crippen molar-refractivity contribution in [2.75, 3.05) is 12.0 Å². The largest absolute Gasteiger partial charge is 0.384 e. The minimum absolute atomic E-state index is 0.584. The highest BCUT2D eigenvalue weighted by atomic mass is 32.2. The molecule has 0 amide bonds. The highest BCUT2D eigenvalue weighted by Gasteiger charge is 2.03. The van der Waals surface area contributed by atoms with Crippen LogP contribution in [0.5, 0.6) is 0 Å². The fraction of sp³-hybridized carbons (Fsp3) is 0.100. The molecule has 0 unspecified atom stereocenters. The molecule has 0 atom stereocenters. The van der Waals surface area contributed by atoms with E-state index in [-0.39, 0.29) is 0 Å². The van der Waals surface area contributed by atoms with E-state index in [9.17, 15) is 0 Å². The fourth-order valence-corrected chi connectivity index (χ4v) is 2.35. The summed E-state index contributed by atoms with van der Waals surface area (Å²) in [6, 6.07) is 8.02. The molecule has 0 aromatic carbocycles.